The summed E-state index contributed by atoms with van der Waals surface area (Å²) in [7, 11) is 0. The molecule has 0 aromatic heterocycles. The Morgan fingerprint density at radius 3 is 2.46 bits per heavy atom. The van der Waals surface area contributed by atoms with Gasteiger partial charge in [-0.3, -0.25) is 4.42 Å². The molecule has 0 saturated carbocycles. The number of nitrogens with zero attached hydrogens (tertiary/aromatic N) is 1. The van der Waals surface area contributed by atoms with Crippen LogP contribution < -0.4 is 4.42 Å². The number of carbonyl (C=O) groups is 1. The minimum Gasteiger partial charge on any atom is -0.480 e. The van der Waals surface area contributed by atoms with Gasteiger partial charge in [0.1, 0.15) is 6.04 Å². The predicted octanol–water partition coefficient (Wildman–Crippen LogP) is 2.12. The van der Waals surface area contributed by atoms with E-state index in [1.807, 2.05) is 6.07 Å². The molecule has 0 fully saturated rings. The fourth-order valence-electron chi connectivity index (χ4n) is 0.891. The third-order valence-corrected chi connectivity index (χ3v) is 2.19. The molecule has 0 aliphatic carbocycles. The number of anilines is 1. The highest BCUT2D eigenvalue weighted by molar-refractivity contribution is 6.27. The number of hydrogen-bond donors (Lipinski definition) is 1. The van der Waals surface area contributed by atoms with Gasteiger partial charge in [0.2, 0.25) is 0 Å². The van der Waals surface area contributed by atoms with Gasteiger partial charge in [-0.1, -0.05) is 18.2 Å². The molecule has 3 nitrogen and oxygen atoms in total. The van der Waals surface area contributed by atoms with Gasteiger partial charge in [-0.05, 0) is 19.1 Å². The summed E-state index contributed by atoms with van der Waals surface area (Å²) in [4.78, 5) is 10.6. The first-order chi connectivity index (χ1) is 6.13. The average molecular weight is 200 g/mol. The summed E-state index contributed by atoms with van der Waals surface area (Å²) >= 11 is 5.80. The second kappa shape index (κ2) is 4.14. The number of halogens is 1. The van der Waals surface area contributed by atoms with E-state index in [1.54, 1.807) is 24.3 Å². The fourth-order valence-corrected chi connectivity index (χ4v) is 1.09. The first-order valence-electron chi connectivity index (χ1n) is 3.86. The van der Waals surface area contributed by atoms with Gasteiger partial charge in [-0.15, -0.1) is 0 Å². The van der Waals surface area contributed by atoms with E-state index in [-0.39, 0.29) is 0 Å². The summed E-state index contributed by atoms with van der Waals surface area (Å²) in [6.45, 7) is 1.53. The zero-order chi connectivity index (χ0) is 9.84. The molecule has 0 spiro atoms. The largest absolute Gasteiger partial charge is 0.480 e. The lowest BCUT2D eigenvalue weighted by Crippen LogP contribution is -2.31. The summed E-state index contributed by atoms with van der Waals surface area (Å²) < 4.78 is 1.20. The molecule has 1 N–H and O–H groups in total. The van der Waals surface area contributed by atoms with Crippen LogP contribution in [0.25, 0.3) is 0 Å². The number of benzene rings is 1. The first-order valence-corrected chi connectivity index (χ1v) is 4.19. The Morgan fingerprint density at radius 2 is 2.00 bits per heavy atom. The Bertz CT molecular complexity index is 289. The van der Waals surface area contributed by atoms with Gasteiger partial charge in [0, 0.05) is 11.8 Å². The molecule has 0 amide bonds. The van der Waals surface area contributed by atoms with Crippen molar-refractivity contribution in [2.45, 2.75) is 13.0 Å². The van der Waals surface area contributed by atoms with Crippen LogP contribution in [0.4, 0.5) is 5.69 Å². The summed E-state index contributed by atoms with van der Waals surface area (Å²) in [5, 5.41) is 8.69. The normalized spacial score (nSPS) is 12.2. The van der Waals surface area contributed by atoms with Crippen LogP contribution in [0.2, 0.25) is 0 Å². The van der Waals surface area contributed by atoms with Crippen molar-refractivity contribution >= 4 is 23.4 Å². The number of carboxylic acids is 1. The fraction of sp³-hybridized carbons (Fsp3) is 0.222. The quantitative estimate of drug-likeness (QED) is 0.759. The molecule has 0 bridgehead atoms. The van der Waals surface area contributed by atoms with E-state index in [1.165, 1.54) is 11.3 Å². The number of aliphatic carboxylic acids is 1. The molecule has 0 aliphatic rings. The van der Waals surface area contributed by atoms with E-state index in [0.29, 0.717) is 5.69 Å². The summed E-state index contributed by atoms with van der Waals surface area (Å²) in [6, 6.07) is 8.24. The Kier molecular flexibility index (Phi) is 3.14. The van der Waals surface area contributed by atoms with Crippen molar-refractivity contribution in [2.75, 3.05) is 4.42 Å². The number of rotatable bonds is 3. The van der Waals surface area contributed by atoms with Crippen LogP contribution in [0, 0.1) is 0 Å². The van der Waals surface area contributed by atoms with Gasteiger partial charge in [-0.25, -0.2) is 4.79 Å². The first kappa shape index (κ1) is 9.86. The van der Waals surface area contributed by atoms with Crippen LogP contribution in [0.3, 0.4) is 0 Å². The molecule has 1 aromatic carbocycles. The smallest absolute Gasteiger partial charge is 0.327 e. The molecule has 13 heavy (non-hydrogen) atoms. The van der Waals surface area contributed by atoms with Crippen LogP contribution >= 0.6 is 11.8 Å². The van der Waals surface area contributed by atoms with Crippen LogP contribution in [0.1, 0.15) is 6.92 Å². The van der Waals surface area contributed by atoms with Gasteiger partial charge in [0.15, 0.2) is 0 Å². The zero-order valence-corrected chi connectivity index (χ0v) is 7.90. The zero-order valence-electron chi connectivity index (χ0n) is 7.14. The van der Waals surface area contributed by atoms with E-state index in [4.69, 9.17) is 16.9 Å². The Balaban J connectivity index is 2.79. The highest BCUT2D eigenvalue weighted by atomic mass is 35.5. The van der Waals surface area contributed by atoms with Crippen molar-refractivity contribution in [2.24, 2.45) is 0 Å². The van der Waals surface area contributed by atoms with Crippen molar-refractivity contribution in [3.63, 3.8) is 0 Å². The molecule has 1 aromatic rings. The minimum atomic E-state index is -0.946. The van der Waals surface area contributed by atoms with Crippen LogP contribution in [-0.4, -0.2) is 17.1 Å². The third kappa shape index (κ3) is 2.36. The van der Waals surface area contributed by atoms with Crippen LogP contribution in [0.5, 0.6) is 0 Å². The Morgan fingerprint density at radius 1 is 1.46 bits per heavy atom. The molecule has 1 atom stereocenters. The summed E-state index contributed by atoms with van der Waals surface area (Å²) in [6.07, 6.45) is 0. The van der Waals surface area contributed by atoms with E-state index in [9.17, 15) is 4.79 Å². The molecule has 0 unspecified atom stereocenters. The summed E-state index contributed by atoms with van der Waals surface area (Å²) in [5.74, 6) is -0.946. The lowest BCUT2D eigenvalue weighted by atomic mass is 10.3. The van der Waals surface area contributed by atoms with E-state index < -0.39 is 12.0 Å². The van der Waals surface area contributed by atoms with Crippen molar-refractivity contribution < 1.29 is 9.90 Å². The molecule has 4 heteroatoms. The van der Waals surface area contributed by atoms with Gasteiger partial charge in [-0.2, -0.15) is 0 Å². The standard InChI is InChI=1S/C9H10ClNO2/c1-7(9(12)13)11(10)8-5-3-2-4-6-8/h2-7H,1H3,(H,12,13)/t7-/m0/s1. The van der Waals surface area contributed by atoms with Crippen LogP contribution in [-0.2, 0) is 4.79 Å². The predicted molar refractivity (Wildman–Crippen MR) is 51.9 cm³/mol. The number of hydrogen-bond acceptors (Lipinski definition) is 2. The maximum atomic E-state index is 10.6. The van der Waals surface area contributed by atoms with Crippen molar-refractivity contribution in [3.05, 3.63) is 30.3 Å². The number of carboxylic acid groups (broad SMARTS) is 1. The second-order valence-electron chi connectivity index (χ2n) is 2.66. The second-order valence-corrected chi connectivity index (χ2v) is 3.03. The van der Waals surface area contributed by atoms with Gasteiger partial charge in [0.25, 0.3) is 0 Å². The highest BCUT2D eigenvalue weighted by Crippen LogP contribution is 2.18. The molecule has 0 radical (unpaired) electrons. The van der Waals surface area contributed by atoms with Crippen molar-refractivity contribution in [1.82, 2.24) is 0 Å². The lowest BCUT2D eigenvalue weighted by Gasteiger charge is -2.19. The molecule has 0 heterocycles. The molecule has 70 valence electrons. The minimum absolute atomic E-state index is 0.680. The lowest BCUT2D eigenvalue weighted by molar-refractivity contribution is -0.137. The third-order valence-electron chi connectivity index (χ3n) is 1.70. The molecule has 0 aliphatic heterocycles. The van der Waals surface area contributed by atoms with Crippen LogP contribution in [0.15, 0.2) is 30.3 Å². The van der Waals surface area contributed by atoms with Gasteiger partial charge in [0.05, 0.1) is 5.69 Å². The summed E-state index contributed by atoms with van der Waals surface area (Å²) in [5.41, 5.74) is 0.680. The highest BCUT2D eigenvalue weighted by Gasteiger charge is 2.18. The topological polar surface area (TPSA) is 40.5 Å². The molecular weight excluding hydrogens is 190 g/mol. The molecule has 0 saturated heterocycles. The average Bonchev–Trinajstić information content (AvgIpc) is 2.17. The SMILES string of the molecule is C[C@@H](C(=O)O)N(Cl)c1ccccc1. The maximum absolute atomic E-state index is 10.6. The molecule has 1 rings (SSSR count). The van der Waals surface area contributed by atoms with E-state index in [0.717, 1.165) is 0 Å². The maximum Gasteiger partial charge on any atom is 0.327 e. The van der Waals surface area contributed by atoms with E-state index >= 15 is 0 Å². The van der Waals surface area contributed by atoms with Gasteiger partial charge < -0.3 is 5.11 Å². The Labute approximate surface area is 81.7 Å². The molecular formula is C9H10ClNO2. The van der Waals surface area contributed by atoms with Gasteiger partial charge >= 0.3 is 5.97 Å². The van der Waals surface area contributed by atoms with Crippen molar-refractivity contribution in [3.8, 4) is 0 Å². The van der Waals surface area contributed by atoms with Crippen molar-refractivity contribution in [1.29, 1.82) is 0 Å². The number of para-hydroxylation sites is 1. The monoisotopic (exact) mass is 199 g/mol. The Hall–Kier alpha value is -1.22. The van der Waals surface area contributed by atoms with E-state index in [2.05, 4.69) is 0 Å².